The van der Waals surface area contributed by atoms with Gasteiger partial charge in [0.15, 0.2) is 0 Å². The minimum atomic E-state index is 0.184. The van der Waals surface area contributed by atoms with E-state index in [9.17, 15) is 10.2 Å². The van der Waals surface area contributed by atoms with Crippen molar-refractivity contribution in [2.45, 2.75) is 0 Å². The first kappa shape index (κ1) is 12.7. The molecule has 1 saturated heterocycles. The Morgan fingerprint density at radius 1 is 0.750 bits per heavy atom. The zero-order valence-corrected chi connectivity index (χ0v) is 11.2. The van der Waals surface area contributed by atoms with Gasteiger partial charge >= 0.3 is 0 Å². The highest BCUT2D eigenvalue weighted by molar-refractivity contribution is 5.61. The third-order valence-electron chi connectivity index (χ3n) is 3.70. The topological polar surface area (TPSA) is 46.9 Å². The SMILES string of the molecule is Oc1ccc(O)c(N2CCN(c3ccccc3)CC2)c1. The predicted octanol–water partition coefficient (Wildman–Crippen LogP) is 2.42. The van der Waals surface area contributed by atoms with E-state index in [2.05, 4.69) is 21.9 Å². The van der Waals surface area contributed by atoms with Crippen LogP contribution in [0.25, 0.3) is 0 Å². The summed E-state index contributed by atoms with van der Waals surface area (Å²) in [4.78, 5) is 4.44. The molecule has 0 unspecified atom stereocenters. The van der Waals surface area contributed by atoms with Crippen molar-refractivity contribution in [3.8, 4) is 11.5 Å². The maximum atomic E-state index is 9.90. The van der Waals surface area contributed by atoms with Crippen molar-refractivity contribution in [1.82, 2.24) is 0 Å². The fourth-order valence-corrected chi connectivity index (χ4v) is 2.61. The summed E-state index contributed by atoms with van der Waals surface area (Å²) in [5.74, 6) is 0.402. The summed E-state index contributed by atoms with van der Waals surface area (Å²) < 4.78 is 0. The molecule has 0 bridgehead atoms. The number of rotatable bonds is 2. The van der Waals surface area contributed by atoms with Crippen LogP contribution in [0.15, 0.2) is 48.5 Å². The Bertz CT molecular complexity index is 578. The van der Waals surface area contributed by atoms with Crippen LogP contribution in [0.4, 0.5) is 11.4 Å². The Balaban J connectivity index is 1.71. The molecule has 0 atom stereocenters. The lowest BCUT2D eigenvalue weighted by Gasteiger charge is -2.37. The summed E-state index contributed by atoms with van der Waals surface area (Å²) in [6, 6.07) is 15.0. The molecule has 0 aromatic heterocycles. The Morgan fingerprint density at radius 2 is 1.40 bits per heavy atom. The number of phenolic OH excluding ortho intramolecular Hbond substituents is 2. The van der Waals surface area contributed by atoms with E-state index in [1.807, 2.05) is 18.2 Å². The molecule has 1 aliphatic rings. The van der Waals surface area contributed by atoms with Crippen LogP contribution in [0.5, 0.6) is 11.5 Å². The van der Waals surface area contributed by atoms with E-state index in [1.165, 1.54) is 17.8 Å². The zero-order valence-electron chi connectivity index (χ0n) is 11.2. The number of nitrogens with zero attached hydrogens (tertiary/aromatic N) is 2. The van der Waals surface area contributed by atoms with Crippen LogP contribution in [-0.2, 0) is 0 Å². The maximum Gasteiger partial charge on any atom is 0.139 e. The van der Waals surface area contributed by atoms with Gasteiger partial charge < -0.3 is 20.0 Å². The molecule has 4 nitrogen and oxygen atoms in total. The standard InChI is InChI=1S/C16H18N2O2/c19-14-6-7-16(20)15(12-14)18-10-8-17(9-11-18)13-4-2-1-3-5-13/h1-7,12,19-20H,8-11H2. The fraction of sp³-hybridized carbons (Fsp3) is 0.250. The summed E-state index contributed by atoms with van der Waals surface area (Å²) in [5, 5.41) is 19.5. The van der Waals surface area contributed by atoms with Crippen molar-refractivity contribution in [2.75, 3.05) is 36.0 Å². The van der Waals surface area contributed by atoms with E-state index in [-0.39, 0.29) is 11.5 Å². The Morgan fingerprint density at radius 3 is 2.10 bits per heavy atom. The van der Waals surface area contributed by atoms with Gasteiger partial charge in [-0.1, -0.05) is 18.2 Å². The second kappa shape index (κ2) is 5.33. The van der Waals surface area contributed by atoms with E-state index in [0.29, 0.717) is 5.69 Å². The van der Waals surface area contributed by atoms with Crippen molar-refractivity contribution < 1.29 is 10.2 Å². The molecule has 2 aromatic rings. The molecule has 2 aromatic carbocycles. The molecule has 0 spiro atoms. The normalized spacial score (nSPS) is 15.4. The lowest BCUT2D eigenvalue weighted by molar-refractivity contribution is 0.458. The number of phenols is 2. The third-order valence-corrected chi connectivity index (χ3v) is 3.70. The van der Waals surface area contributed by atoms with Crippen LogP contribution in [0.1, 0.15) is 0 Å². The number of aromatic hydroxyl groups is 2. The lowest BCUT2D eigenvalue weighted by atomic mass is 10.2. The van der Waals surface area contributed by atoms with E-state index in [0.717, 1.165) is 26.2 Å². The number of hydrogen-bond donors (Lipinski definition) is 2. The Kier molecular flexibility index (Phi) is 3.37. The predicted molar refractivity (Wildman–Crippen MR) is 80.6 cm³/mol. The molecule has 4 heteroatoms. The first-order valence-electron chi connectivity index (χ1n) is 6.81. The van der Waals surface area contributed by atoms with Gasteiger partial charge in [-0.2, -0.15) is 0 Å². The lowest BCUT2D eigenvalue weighted by Crippen LogP contribution is -2.46. The van der Waals surface area contributed by atoms with Crippen molar-refractivity contribution in [3.63, 3.8) is 0 Å². The first-order valence-corrected chi connectivity index (χ1v) is 6.81. The molecule has 20 heavy (non-hydrogen) atoms. The molecule has 1 heterocycles. The average molecular weight is 270 g/mol. The summed E-state index contributed by atoms with van der Waals surface area (Å²) >= 11 is 0. The van der Waals surface area contributed by atoms with Gasteiger partial charge in [0.25, 0.3) is 0 Å². The molecule has 104 valence electrons. The number of para-hydroxylation sites is 1. The van der Waals surface area contributed by atoms with Gasteiger partial charge in [0, 0.05) is 37.9 Å². The quantitative estimate of drug-likeness (QED) is 0.823. The zero-order chi connectivity index (χ0) is 13.9. The van der Waals surface area contributed by atoms with Gasteiger partial charge in [-0.15, -0.1) is 0 Å². The van der Waals surface area contributed by atoms with Crippen molar-refractivity contribution in [2.24, 2.45) is 0 Å². The monoisotopic (exact) mass is 270 g/mol. The molecule has 1 fully saturated rings. The van der Waals surface area contributed by atoms with Gasteiger partial charge in [0.1, 0.15) is 11.5 Å². The molecule has 0 radical (unpaired) electrons. The maximum absolute atomic E-state index is 9.90. The summed E-state index contributed by atoms with van der Waals surface area (Å²) in [6.07, 6.45) is 0. The minimum absolute atomic E-state index is 0.184. The van der Waals surface area contributed by atoms with Crippen LogP contribution >= 0.6 is 0 Å². The highest BCUT2D eigenvalue weighted by Gasteiger charge is 2.19. The summed E-state index contributed by atoms with van der Waals surface area (Å²) in [6.45, 7) is 3.45. The number of anilines is 2. The molecule has 3 rings (SSSR count). The van der Waals surface area contributed by atoms with Crippen molar-refractivity contribution in [1.29, 1.82) is 0 Å². The molecule has 2 N–H and O–H groups in total. The van der Waals surface area contributed by atoms with Crippen LogP contribution < -0.4 is 9.80 Å². The highest BCUT2D eigenvalue weighted by atomic mass is 16.3. The number of hydrogen-bond acceptors (Lipinski definition) is 4. The minimum Gasteiger partial charge on any atom is -0.508 e. The van der Waals surface area contributed by atoms with Crippen LogP contribution in [0.2, 0.25) is 0 Å². The van der Waals surface area contributed by atoms with Crippen molar-refractivity contribution in [3.05, 3.63) is 48.5 Å². The largest absolute Gasteiger partial charge is 0.508 e. The summed E-state index contributed by atoms with van der Waals surface area (Å²) in [7, 11) is 0. The number of piperazine rings is 1. The van der Waals surface area contributed by atoms with Crippen molar-refractivity contribution >= 4 is 11.4 Å². The van der Waals surface area contributed by atoms with Gasteiger partial charge in [-0.3, -0.25) is 0 Å². The average Bonchev–Trinajstić information content (AvgIpc) is 2.51. The van der Waals surface area contributed by atoms with E-state index < -0.39 is 0 Å². The highest BCUT2D eigenvalue weighted by Crippen LogP contribution is 2.31. The number of benzene rings is 2. The fourth-order valence-electron chi connectivity index (χ4n) is 2.61. The smallest absolute Gasteiger partial charge is 0.139 e. The van der Waals surface area contributed by atoms with E-state index in [1.54, 1.807) is 6.07 Å². The van der Waals surface area contributed by atoms with Crippen LogP contribution in [-0.4, -0.2) is 36.4 Å². The van der Waals surface area contributed by atoms with Crippen LogP contribution in [0, 0.1) is 0 Å². The molecule has 1 aliphatic heterocycles. The van der Waals surface area contributed by atoms with E-state index >= 15 is 0 Å². The third kappa shape index (κ3) is 2.50. The molecular weight excluding hydrogens is 252 g/mol. The van der Waals surface area contributed by atoms with Crippen LogP contribution in [0.3, 0.4) is 0 Å². The van der Waals surface area contributed by atoms with E-state index in [4.69, 9.17) is 0 Å². The molecule has 0 amide bonds. The first-order chi connectivity index (χ1) is 9.74. The molecule has 0 saturated carbocycles. The summed E-state index contributed by atoms with van der Waals surface area (Å²) in [5.41, 5.74) is 1.94. The molecule has 0 aliphatic carbocycles. The van der Waals surface area contributed by atoms with Gasteiger partial charge in [0.05, 0.1) is 5.69 Å². The van der Waals surface area contributed by atoms with Gasteiger partial charge in [-0.05, 0) is 24.3 Å². The Hall–Kier alpha value is -2.36. The second-order valence-corrected chi connectivity index (χ2v) is 4.98. The molecular formula is C16H18N2O2. The second-order valence-electron chi connectivity index (χ2n) is 4.98. The van der Waals surface area contributed by atoms with Gasteiger partial charge in [-0.25, -0.2) is 0 Å². The Labute approximate surface area is 118 Å². The van der Waals surface area contributed by atoms with Gasteiger partial charge in [0.2, 0.25) is 0 Å².